The van der Waals surface area contributed by atoms with Crippen molar-refractivity contribution >= 4 is 15.9 Å². The van der Waals surface area contributed by atoms with Crippen LogP contribution in [0.5, 0.6) is 0 Å². The molecule has 0 spiro atoms. The summed E-state index contributed by atoms with van der Waals surface area (Å²) in [5.74, 6) is -0.0715. The van der Waals surface area contributed by atoms with Crippen LogP contribution < -0.4 is 5.14 Å². The van der Waals surface area contributed by atoms with Gasteiger partial charge < -0.3 is 9.80 Å². The zero-order chi connectivity index (χ0) is 14.2. The lowest BCUT2D eigenvalue weighted by molar-refractivity contribution is -0.131. The summed E-state index contributed by atoms with van der Waals surface area (Å²) in [5, 5.41) is 4.44. The minimum Gasteiger partial charge on any atom is -0.337 e. The average molecular weight is 289 g/mol. The maximum absolute atomic E-state index is 12.1. The Morgan fingerprint density at radius 3 is 2.42 bits per heavy atom. The van der Waals surface area contributed by atoms with Crippen LogP contribution in [-0.4, -0.2) is 62.1 Å². The number of hydrogen-bond donors (Lipinski definition) is 1. The molecule has 2 fully saturated rings. The van der Waals surface area contributed by atoms with Crippen LogP contribution in [0.2, 0.25) is 0 Å². The van der Waals surface area contributed by atoms with E-state index in [1.165, 1.54) is 6.42 Å². The van der Waals surface area contributed by atoms with E-state index in [1.54, 1.807) is 4.90 Å². The van der Waals surface area contributed by atoms with E-state index in [2.05, 4.69) is 4.90 Å². The third-order valence-electron chi connectivity index (χ3n) is 4.35. The molecule has 19 heavy (non-hydrogen) atoms. The van der Waals surface area contributed by atoms with E-state index in [0.29, 0.717) is 6.04 Å². The molecule has 2 N–H and O–H groups in total. The van der Waals surface area contributed by atoms with Crippen molar-refractivity contribution in [1.82, 2.24) is 9.80 Å². The monoisotopic (exact) mass is 289 g/mol. The summed E-state index contributed by atoms with van der Waals surface area (Å²) in [7, 11) is 0.408. The summed E-state index contributed by atoms with van der Waals surface area (Å²) in [6, 6.07) is 0.444. The number of likely N-dealkylation sites (N-methyl/N-ethyl adjacent to an activating group) is 1. The molecule has 1 aliphatic carbocycles. The Hall–Kier alpha value is -0.660. The first kappa shape index (κ1) is 14.7. The molecule has 0 bridgehead atoms. The molecule has 110 valence electrons. The molecule has 0 radical (unpaired) electrons. The van der Waals surface area contributed by atoms with E-state index >= 15 is 0 Å². The molecule has 2 rings (SSSR count). The van der Waals surface area contributed by atoms with Crippen LogP contribution in [-0.2, 0) is 14.8 Å². The lowest BCUT2D eigenvalue weighted by Gasteiger charge is -2.41. The van der Waals surface area contributed by atoms with Gasteiger partial charge in [0.05, 0.1) is 0 Å². The van der Waals surface area contributed by atoms with Gasteiger partial charge in [-0.1, -0.05) is 12.8 Å². The van der Waals surface area contributed by atoms with E-state index in [1.807, 2.05) is 14.1 Å². The highest BCUT2D eigenvalue weighted by Crippen LogP contribution is 2.30. The zero-order valence-electron chi connectivity index (χ0n) is 11.6. The predicted octanol–water partition coefficient (Wildman–Crippen LogP) is -0.251. The SMILES string of the molecule is CN(C)[C@H]1CCCC[C@@H]1N1CC(S(N)(=O)=O)CC1=O. The fourth-order valence-electron chi connectivity index (χ4n) is 3.30. The van der Waals surface area contributed by atoms with Crippen LogP contribution in [0.25, 0.3) is 0 Å². The number of rotatable bonds is 3. The lowest BCUT2D eigenvalue weighted by atomic mass is 9.88. The van der Waals surface area contributed by atoms with Gasteiger partial charge in [-0.25, -0.2) is 13.6 Å². The first-order valence-electron chi connectivity index (χ1n) is 6.78. The van der Waals surface area contributed by atoms with E-state index < -0.39 is 15.3 Å². The Labute approximate surface area is 115 Å². The number of nitrogens with two attached hydrogens (primary N) is 1. The van der Waals surface area contributed by atoms with E-state index in [-0.39, 0.29) is 24.9 Å². The van der Waals surface area contributed by atoms with Crippen LogP contribution in [0, 0.1) is 0 Å². The van der Waals surface area contributed by atoms with Crippen LogP contribution in [0.3, 0.4) is 0 Å². The molecule has 0 aromatic heterocycles. The highest BCUT2D eigenvalue weighted by Gasteiger charge is 2.42. The summed E-state index contributed by atoms with van der Waals surface area (Å²) in [6.45, 7) is 0.257. The quantitative estimate of drug-likeness (QED) is 0.776. The fourth-order valence-corrected chi connectivity index (χ4v) is 4.04. The third kappa shape index (κ3) is 3.09. The molecule has 1 saturated carbocycles. The van der Waals surface area contributed by atoms with E-state index in [4.69, 9.17) is 5.14 Å². The van der Waals surface area contributed by atoms with Crippen molar-refractivity contribution in [1.29, 1.82) is 0 Å². The number of sulfonamides is 1. The Balaban J connectivity index is 2.14. The van der Waals surface area contributed by atoms with Gasteiger partial charge in [-0.3, -0.25) is 4.79 Å². The number of carbonyl (C=O) groups is 1. The van der Waals surface area contributed by atoms with Crippen molar-refractivity contribution in [3.8, 4) is 0 Å². The van der Waals surface area contributed by atoms with Gasteiger partial charge in [0, 0.05) is 25.0 Å². The van der Waals surface area contributed by atoms with Gasteiger partial charge in [-0.05, 0) is 26.9 Å². The fraction of sp³-hybridized carbons (Fsp3) is 0.917. The van der Waals surface area contributed by atoms with Gasteiger partial charge in [-0.2, -0.15) is 0 Å². The molecule has 0 aromatic rings. The average Bonchev–Trinajstić information content (AvgIpc) is 2.71. The number of likely N-dealkylation sites (tertiary alicyclic amines) is 1. The summed E-state index contributed by atoms with van der Waals surface area (Å²) in [4.78, 5) is 16.0. The smallest absolute Gasteiger partial charge is 0.224 e. The highest BCUT2D eigenvalue weighted by molar-refractivity contribution is 7.89. The maximum atomic E-state index is 12.1. The van der Waals surface area contributed by atoms with Gasteiger partial charge in [0.15, 0.2) is 0 Å². The number of nitrogens with zero attached hydrogens (tertiary/aromatic N) is 2. The molecule has 6 nitrogen and oxygen atoms in total. The molecular weight excluding hydrogens is 266 g/mol. The minimum atomic E-state index is -3.62. The second-order valence-electron chi connectivity index (χ2n) is 5.84. The Kier molecular flexibility index (Phi) is 4.17. The van der Waals surface area contributed by atoms with Crippen LogP contribution in [0.15, 0.2) is 0 Å². The van der Waals surface area contributed by atoms with Crippen LogP contribution >= 0.6 is 0 Å². The molecule has 2 aliphatic rings. The second-order valence-corrected chi connectivity index (χ2v) is 7.69. The normalized spacial score (nSPS) is 33.2. The molecular formula is C12H23N3O3S. The van der Waals surface area contributed by atoms with E-state index in [9.17, 15) is 13.2 Å². The predicted molar refractivity (Wildman–Crippen MR) is 73.0 cm³/mol. The van der Waals surface area contributed by atoms with Crippen LogP contribution in [0.1, 0.15) is 32.1 Å². The standard InChI is InChI=1S/C12H23N3O3S/c1-14(2)10-5-3-4-6-11(10)15-8-9(7-12(15)16)19(13,17)18/h9-11H,3-8H2,1-2H3,(H2,13,17,18)/t9?,10-,11-/m0/s1. The van der Waals surface area contributed by atoms with Crippen molar-refractivity contribution < 1.29 is 13.2 Å². The molecule has 1 amide bonds. The first-order chi connectivity index (χ1) is 8.80. The highest BCUT2D eigenvalue weighted by atomic mass is 32.2. The molecule has 1 heterocycles. The number of hydrogen-bond acceptors (Lipinski definition) is 4. The molecule has 1 saturated heterocycles. The lowest BCUT2D eigenvalue weighted by Crippen LogP contribution is -2.52. The molecule has 7 heteroatoms. The molecule has 1 unspecified atom stereocenters. The third-order valence-corrected chi connectivity index (χ3v) is 5.59. The van der Waals surface area contributed by atoms with Crippen molar-refractivity contribution in [3.05, 3.63) is 0 Å². The zero-order valence-corrected chi connectivity index (χ0v) is 12.4. The van der Waals surface area contributed by atoms with Gasteiger partial charge in [0.1, 0.15) is 5.25 Å². The summed E-state index contributed by atoms with van der Waals surface area (Å²) in [5.41, 5.74) is 0. The van der Waals surface area contributed by atoms with Crippen molar-refractivity contribution in [2.45, 2.75) is 49.4 Å². The number of primary sulfonamides is 1. The topological polar surface area (TPSA) is 83.7 Å². The Morgan fingerprint density at radius 2 is 1.89 bits per heavy atom. The van der Waals surface area contributed by atoms with Gasteiger partial charge in [0.2, 0.25) is 15.9 Å². The van der Waals surface area contributed by atoms with Crippen molar-refractivity contribution in [3.63, 3.8) is 0 Å². The Morgan fingerprint density at radius 1 is 1.26 bits per heavy atom. The number of amides is 1. The summed E-state index contributed by atoms with van der Waals surface area (Å²) < 4.78 is 22.8. The maximum Gasteiger partial charge on any atom is 0.224 e. The van der Waals surface area contributed by atoms with Gasteiger partial charge in [0.25, 0.3) is 0 Å². The Bertz CT molecular complexity index is 449. The van der Waals surface area contributed by atoms with Gasteiger partial charge >= 0.3 is 0 Å². The first-order valence-corrected chi connectivity index (χ1v) is 8.39. The second kappa shape index (κ2) is 5.38. The minimum absolute atomic E-state index is 0.0372. The van der Waals surface area contributed by atoms with Crippen molar-refractivity contribution in [2.24, 2.45) is 5.14 Å². The van der Waals surface area contributed by atoms with Crippen LogP contribution in [0.4, 0.5) is 0 Å². The van der Waals surface area contributed by atoms with E-state index in [0.717, 1.165) is 19.3 Å². The molecule has 3 atom stereocenters. The molecule has 0 aromatic carbocycles. The molecule has 1 aliphatic heterocycles. The number of carbonyl (C=O) groups excluding carboxylic acids is 1. The summed E-state index contributed by atoms with van der Waals surface area (Å²) in [6.07, 6.45) is 4.31. The summed E-state index contributed by atoms with van der Waals surface area (Å²) >= 11 is 0. The van der Waals surface area contributed by atoms with Gasteiger partial charge in [-0.15, -0.1) is 0 Å². The largest absolute Gasteiger partial charge is 0.337 e. The van der Waals surface area contributed by atoms with Crippen molar-refractivity contribution in [2.75, 3.05) is 20.6 Å².